The number of hydrogen-bond acceptors (Lipinski definition) is 3. The molecule has 0 saturated carbocycles. The lowest BCUT2D eigenvalue weighted by Gasteiger charge is -2.18. The molecule has 1 atom stereocenters. The highest BCUT2D eigenvalue weighted by Crippen LogP contribution is 2.16. The number of benzene rings is 1. The van der Waals surface area contributed by atoms with E-state index in [1.807, 2.05) is 0 Å². The Labute approximate surface area is 111 Å². The topological polar surface area (TPSA) is 75.4 Å². The SMILES string of the molecule is CC(NC(=O)c1cc(N)cc(Cl)c1)C(=O)N(C)C. The Morgan fingerprint density at radius 1 is 1.33 bits per heavy atom. The first-order valence-corrected chi connectivity index (χ1v) is 5.77. The molecular weight excluding hydrogens is 254 g/mol. The molecule has 1 aromatic carbocycles. The minimum atomic E-state index is -0.604. The van der Waals surface area contributed by atoms with Crippen molar-refractivity contribution < 1.29 is 9.59 Å². The molecule has 0 aliphatic carbocycles. The van der Waals surface area contributed by atoms with Crippen LogP contribution in [-0.2, 0) is 4.79 Å². The highest BCUT2D eigenvalue weighted by molar-refractivity contribution is 6.31. The smallest absolute Gasteiger partial charge is 0.252 e. The van der Waals surface area contributed by atoms with Gasteiger partial charge in [-0.2, -0.15) is 0 Å². The molecule has 0 aromatic heterocycles. The zero-order chi connectivity index (χ0) is 13.9. The van der Waals surface area contributed by atoms with E-state index in [4.69, 9.17) is 17.3 Å². The normalized spacial score (nSPS) is 11.8. The van der Waals surface area contributed by atoms with Crippen molar-refractivity contribution in [3.05, 3.63) is 28.8 Å². The van der Waals surface area contributed by atoms with E-state index in [1.54, 1.807) is 27.1 Å². The number of nitrogen functional groups attached to an aromatic ring is 1. The van der Waals surface area contributed by atoms with E-state index in [1.165, 1.54) is 17.0 Å². The molecule has 98 valence electrons. The molecule has 1 rings (SSSR count). The van der Waals surface area contributed by atoms with Crippen LogP contribution >= 0.6 is 11.6 Å². The number of hydrogen-bond donors (Lipinski definition) is 2. The van der Waals surface area contributed by atoms with E-state index in [0.29, 0.717) is 16.3 Å². The first-order chi connectivity index (χ1) is 8.31. The predicted molar refractivity (Wildman–Crippen MR) is 71.5 cm³/mol. The lowest BCUT2D eigenvalue weighted by Crippen LogP contribution is -2.44. The van der Waals surface area contributed by atoms with Gasteiger partial charge in [-0.05, 0) is 25.1 Å². The second-order valence-corrected chi connectivity index (χ2v) is 4.64. The fourth-order valence-electron chi connectivity index (χ4n) is 1.47. The van der Waals surface area contributed by atoms with Crippen LogP contribution in [0.2, 0.25) is 5.02 Å². The van der Waals surface area contributed by atoms with Crippen molar-refractivity contribution in [2.45, 2.75) is 13.0 Å². The zero-order valence-corrected chi connectivity index (χ0v) is 11.3. The van der Waals surface area contributed by atoms with E-state index < -0.39 is 6.04 Å². The van der Waals surface area contributed by atoms with Gasteiger partial charge in [-0.15, -0.1) is 0 Å². The van der Waals surface area contributed by atoms with Crippen LogP contribution in [-0.4, -0.2) is 36.9 Å². The summed E-state index contributed by atoms with van der Waals surface area (Å²) in [5.41, 5.74) is 6.33. The minimum Gasteiger partial charge on any atom is -0.399 e. The first-order valence-electron chi connectivity index (χ1n) is 5.39. The van der Waals surface area contributed by atoms with Crippen molar-refractivity contribution in [2.75, 3.05) is 19.8 Å². The molecule has 1 aromatic rings. The van der Waals surface area contributed by atoms with Crippen LogP contribution in [0.3, 0.4) is 0 Å². The number of nitrogens with zero attached hydrogens (tertiary/aromatic N) is 1. The molecule has 18 heavy (non-hydrogen) atoms. The summed E-state index contributed by atoms with van der Waals surface area (Å²) in [6.45, 7) is 1.62. The predicted octanol–water partition coefficient (Wildman–Crippen LogP) is 1.13. The largest absolute Gasteiger partial charge is 0.399 e. The van der Waals surface area contributed by atoms with Crippen molar-refractivity contribution in [3.8, 4) is 0 Å². The van der Waals surface area contributed by atoms with Gasteiger partial charge in [-0.3, -0.25) is 9.59 Å². The Hall–Kier alpha value is -1.75. The highest BCUT2D eigenvalue weighted by atomic mass is 35.5. The zero-order valence-electron chi connectivity index (χ0n) is 10.5. The summed E-state index contributed by atoms with van der Waals surface area (Å²) in [5, 5.41) is 2.97. The van der Waals surface area contributed by atoms with Crippen molar-refractivity contribution in [3.63, 3.8) is 0 Å². The number of likely N-dealkylation sites (N-methyl/N-ethyl adjacent to an activating group) is 1. The van der Waals surface area contributed by atoms with E-state index in [2.05, 4.69) is 5.32 Å². The van der Waals surface area contributed by atoms with Crippen LogP contribution in [0.4, 0.5) is 5.69 Å². The lowest BCUT2D eigenvalue weighted by atomic mass is 10.1. The molecule has 3 N–H and O–H groups in total. The van der Waals surface area contributed by atoms with Crippen LogP contribution in [0.15, 0.2) is 18.2 Å². The van der Waals surface area contributed by atoms with Gasteiger partial charge in [0.2, 0.25) is 5.91 Å². The molecule has 0 aliphatic heterocycles. The van der Waals surface area contributed by atoms with Gasteiger partial charge in [0.1, 0.15) is 6.04 Å². The van der Waals surface area contributed by atoms with Crippen LogP contribution in [0, 0.1) is 0 Å². The maximum absolute atomic E-state index is 11.9. The molecule has 0 heterocycles. The third-order valence-electron chi connectivity index (χ3n) is 2.34. The average Bonchev–Trinajstić information content (AvgIpc) is 2.26. The molecule has 0 aliphatic rings. The van der Waals surface area contributed by atoms with Crippen LogP contribution < -0.4 is 11.1 Å². The van der Waals surface area contributed by atoms with E-state index in [9.17, 15) is 9.59 Å². The van der Waals surface area contributed by atoms with Gasteiger partial charge in [-0.25, -0.2) is 0 Å². The first kappa shape index (κ1) is 14.3. The number of amides is 2. The van der Waals surface area contributed by atoms with Crippen LogP contribution in [0.5, 0.6) is 0 Å². The van der Waals surface area contributed by atoms with Gasteiger partial charge in [0.15, 0.2) is 0 Å². The molecule has 5 nitrogen and oxygen atoms in total. The summed E-state index contributed by atoms with van der Waals surface area (Å²) in [4.78, 5) is 24.9. The fraction of sp³-hybridized carbons (Fsp3) is 0.333. The molecule has 0 radical (unpaired) electrons. The molecule has 1 unspecified atom stereocenters. The van der Waals surface area contributed by atoms with Crippen molar-refractivity contribution in [2.24, 2.45) is 0 Å². The Bertz CT molecular complexity index is 454. The van der Waals surface area contributed by atoms with Gasteiger partial charge in [0, 0.05) is 30.4 Å². The van der Waals surface area contributed by atoms with Gasteiger partial charge in [0.05, 0.1) is 0 Å². The monoisotopic (exact) mass is 269 g/mol. The average molecular weight is 270 g/mol. The second kappa shape index (κ2) is 5.73. The number of carbonyl (C=O) groups excluding carboxylic acids is 2. The lowest BCUT2D eigenvalue weighted by molar-refractivity contribution is -0.130. The van der Waals surface area contributed by atoms with Gasteiger partial charge < -0.3 is 16.0 Å². The highest BCUT2D eigenvalue weighted by Gasteiger charge is 2.18. The summed E-state index contributed by atoms with van der Waals surface area (Å²) in [6, 6.07) is 3.95. The second-order valence-electron chi connectivity index (χ2n) is 4.20. The summed E-state index contributed by atoms with van der Waals surface area (Å²) in [7, 11) is 3.25. The van der Waals surface area contributed by atoms with E-state index in [0.717, 1.165) is 0 Å². The third kappa shape index (κ3) is 3.63. The number of nitrogens with two attached hydrogens (primary N) is 1. The van der Waals surface area contributed by atoms with Gasteiger partial charge in [-0.1, -0.05) is 11.6 Å². The number of carbonyl (C=O) groups is 2. The molecule has 0 spiro atoms. The van der Waals surface area contributed by atoms with E-state index in [-0.39, 0.29) is 11.8 Å². The molecule has 6 heteroatoms. The minimum absolute atomic E-state index is 0.182. The number of rotatable bonds is 3. The van der Waals surface area contributed by atoms with E-state index >= 15 is 0 Å². The molecule has 2 amide bonds. The van der Waals surface area contributed by atoms with Gasteiger partial charge in [0.25, 0.3) is 5.91 Å². The molecule has 0 saturated heterocycles. The Balaban J connectivity index is 2.79. The van der Waals surface area contributed by atoms with Gasteiger partial charge >= 0.3 is 0 Å². The quantitative estimate of drug-likeness (QED) is 0.808. The number of anilines is 1. The number of halogens is 1. The van der Waals surface area contributed by atoms with Crippen LogP contribution in [0.25, 0.3) is 0 Å². The summed E-state index contributed by atoms with van der Waals surface area (Å²) in [5.74, 6) is -0.565. The Morgan fingerprint density at radius 2 is 1.94 bits per heavy atom. The summed E-state index contributed by atoms with van der Waals surface area (Å²) >= 11 is 5.81. The maximum atomic E-state index is 11.9. The molecular formula is C12H16ClN3O2. The summed E-state index contributed by atoms with van der Waals surface area (Å²) in [6.07, 6.45) is 0. The molecule has 0 bridgehead atoms. The molecule has 0 fully saturated rings. The van der Waals surface area contributed by atoms with Crippen LogP contribution in [0.1, 0.15) is 17.3 Å². The Morgan fingerprint density at radius 3 is 2.44 bits per heavy atom. The van der Waals surface area contributed by atoms with Crippen molar-refractivity contribution in [1.82, 2.24) is 10.2 Å². The standard InChI is InChI=1S/C12H16ClN3O2/c1-7(12(18)16(2)3)15-11(17)8-4-9(13)6-10(14)5-8/h4-7H,14H2,1-3H3,(H,15,17). The Kier molecular flexibility index (Phi) is 4.55. The van der Waals surface area contributed by atoms with Crippen molar-refractivity contribution >= 4 is 29.1 Å². The maximum Gasteiger partial charge on any atom is 0.252 e. The van der Waals surface area contributed by atoms with Crippen molar-refractivity contribution in [1.29, 1.82) is 0 Å². The third-order valence-corrected chi connectivity index (χ3v) is 2.56. The summed E-state index contributed by atoms with van der Waals surface area (Å²) < 4.78 is 0. The number of nitrogens with one attached hydrogen (secondary N) is 1. The fourth-order valence-corrected chi connectivity index (χ4v) is 1.72.